The standard InChI is InChI=1S/C24H23N7O/c1-25-23(32)19-14-28-21-5-3-16(11-18(19)21)13-30-24-27-9-7-22(31-24)29-12-15-2-4-20-17(10-15)6-8-26-20/h2-11,14,26,28H,12-13H2,1H3,(H,25,32)(H2,27,29,30,31). The molecule has 0 fully saturated rings. The van der Waals surface area contributed by atoms with E-state index < -0.39 is 0 Å². The number of nitrogens with one attached hydrogen (secondary N) is 5. The summed E-state index contributed by atoms with van der Waals surface area (Å²) in [5.74, 6) is 1.18. The van der Waals surface area contributed by atoms with Crippen molar-refractivity contribution in [3.8, 4) is 0 Å². The van der Waals surface area contributed by atoms with Gasteiger partial charge < -0.3 is 25.9 Å². The van der Waals surface area contributed by atoms with Crippen molar-refractivity contribution >= 4 is 39.5 Å². The zero-order valence-corrected chi connectivity index (χ0v) is 17.6. The average Bonchev–Trinajstić information content (AvgIpc) is 3.47. The number of carbonyl (C=O) groups excluding carboxylic acids is 1. The van der Waals surface area contributed by atoms with E-state index in [-0.39, 0.29) is 5.91 Å². The molecule has 160 valence electrons. The van der Waals surface area contributed by atoms with Gasteiger partial charge >= 0.3 is 0 Å². The van der Waals surface area contributed by atoms with E-state index in [1.165, 1.54) is 10.9 Å². The van der Waals surface area contributed by atoms with Gasteiger partial charge in [-0.3, -0.25) is 4.79 Å². The van der Waals surface area contributed by atoms with E-state index in [0.717, 1.165) is 27.8 Å². The first kappa shape index (κ1) is 19.6. The molecule has 5 aromatic rings. The second-order valence-corrected chi connectivity index (χ2v) is 7.53. The van der Waals surface area contributed by atoms with Gasteiger partial charge in [0.05, 0.1) is 5.56 Å². The molecule has 5 N–H and O–H groups in total. The van der Waals surface area contributed by atoms with Crippen LogP contribution in [-0.4, -0.2) is 32.9 Å². The smallest absolute Gasteiger partial charge is 0.253 e. The van der Waals surface area contributed by atoms with Gasteiger partial charge in [0, 0.05) is 55.1 Å². The molecule has 0 unspecified atom stereocenters. The molecule has 3 heterocycles. The maximum Gasteiger partial charge on any atom is 0.253 e. The molecule has 3 aromatic heterocycles. The van der Waals surface area contributed by atoms with Gasteiger partial charge in [-0.2, -0.15) is 4.98 Å². The van der Waals surface area contributed by atoms with Crippen LogP contribution >= 0.6 is 0 Å². The predicted octanol–water partition coefficient (Wildman–Crippen LogP) is 4.02. The monoisotopic (exact) mass is 425 g/mol. The minimum atomic E-state index is -0.112. The van der Waals surface area contributed by atoms with Crippen LogP contribution in [0.15, 0.2) is 67.1 Å². The highest BCUT2D eigenvalue weighted by atomic mass is 16.1. The lowest BCUT2D eigenvalue weighted by atomic mass is 10.1. The Labute approximate surface area is 184 Å². The summed E-state index contributed by atoms with van der Waals surface area (Å²) >= 11 is 0. The lowest BCUT2D eigenvalue weighted by Gasteiger charge is -2.09. The number of carbonyl (C=O) groups is 1. The SMILES string of the molecule is CNC(=O)c1c[nH]c2ccc(CNc3nccc(NCc4ccc5[nH]ccc5c4)n3)cc12. The molecule has 8 nitrogen and oxygen atoms in total. The fourth-order valence-corrected chi connectivity index (χ4v) is 3.73. The van der Waals surface area contributed by atoms with Crippen molar-refractivity contribution in [3.63, 3.8) is 0 Å². The molecule has 0 spiro atoms. The third-order valence-electron chi connectivity index (χ3n) is 5.42. The van der Waals surface area contributed by atoms with Gasteiger partial charge in [-0.25, -0.2) is 4.98 Å². The number of rotatable bonds is 7. The maximum absolute atomic E-state index is 12.1. The molecule has 0 atom stereocenters. The first-order valence-electron chi connectivity index (χ1n) is 10.4. The molecule has 0 aliphatic carbocycles. The normalized spacial score (nSPS) is 11.0. The average molecular weight is 425 g/mol. The second-order valence-electron chi connectivity index (χ2n) is 7.53. The van der Waals surface area contributed by atoms with Gasteiger partial charge in [-0.05, 0) is 52.9 Å². The minimum absolute atomic E-state index is 0.112. The van der Waals surface area contributed by atoms with E-state index in [0.29, 0.717) is 24.6 Å². The van der Waals surface area contributed by atoms with Gasteiger partial charge in [0.1, 0.15) is 5.82 Å². The van der Waals surface area contributed by atoms with Crippen LogP contribution in [0.4, 0.5) is 11.8 Å². The number of nitrogens with zero attached hydrogens (tertiary/aromatic N) is 2. The summed E-state index contributed by atoms with van der Waals surface area (Å²) in [5.41, 5.74) is 4.89. The molecule has 32 heavy (non-hydrogen) atoms. The number of H-pyrrole nitrogens is 2. The fraction of sp³-hybridized carbons (Fsp3) is 0.125. The largest absolute Gasteiger partial charge is 0.366 e. The topological polar surface area (TPSA) is 111 Å². The Balaban J connectivity index is 1.25. The van der Waals surface area contributed by atoms with Crippen molar-refractivity contribution in [2.75, 3.05) is 17.7 Å². The molecule has 2 aromatic carbocycles. The van der Waals surface area contributed by atoms with Crippen molar-refractivity contribution in [1.29, 1.82) is 0 Å². The Hall–Kier alpha value is -4.33. The van der Waals surface area contributed by atoms with E-state index in [9.17, 15) is 4.79 Å². The van der Waals surface area contributed by atoms with Crippen LogP contribution in [0.5, 0.6) is 0 Å². The van der Waals surface area contributed by atoms with Gasteiger partial charge in [0.25, 0.3) is 5.91 Å². The van der Waals surface area contributed by atoms with Crippen LogP contribution in [-0.2, 0) is 13.1 Å². The van der Waals surface area contributed by atoms with Crippen LogP contribution in [0.25, 0.3) is 21.8 Å². The predicted molar refractivity (Wildman–Crippen MR) is 127 cm³/mol. The van der Waals surface area contributed by atoms with Gasteiger partial charge in [-0.1, -0.05) is 12.1 Å². The zero-order chi connectivity index (χ0) is 21.9. The molecular formula is C24H23N7O. The van der Waals surface area contributed by atoms with Gasteiger partial charge in [0.2, 0.25) is 5.95 Å². The summed E-state index contributed by atoms with van der Waals surface area (Å²) < 4.78 is 0. The van der Waals surface area contributed by atoms with E-state index in [2.05, 4.69) is 60.2 Å². The number of amides is 1. The Morgan fingerprint density at radius 1 is 0.938 bits per heavy atom. The number of aromatic nitrogens is 4. The number of benzene rings is 2. The number of aromatic amines is 2. The molecule has 0 saturated heterocycles. The van der Waals surface area contributed by atoms with Gasteiger partial charge in [-0.15, -0.1) is 0 Å². The van der Waals surface area contributed by atoms with Crippen molar-refractivity contribution in [2.24, 2.45) is 0 Å². The Kier molecular flexibility index (Phi) is 5.17. The van der Waals surface area contributed by atoms with Crippen molar-refractivity contribution in [2.45, 2.75) is 13.1 Å². The van der Waals surface area contributed by atoms with E-state index in [1.54, 1.807) is 19.4 Å². The van der Waals surface area contributed by atoms with Crippen LogP contribution in [0, 0.1) is 0 Å². The highest BCUT2D eigenvalue weighted by Crippen LogP contribution is 2.21. The fourth-order valence-electron chi connectivity index (χ4n) is 3.73. The molecule has 5 rings (SSSR count). The third-order valence-corrected chi connectivity index (χ3v) is 5.42. The van der Waals surface area contributed by atoms with E-state index in [4.69, 9.17) is 0 Å². The van der Waals surface area contributed by atoms with Crippen LogP contribution in [0.3, 0.4) is 0 Å². The highest BCUT2D eigenvalue weighted by Gasteiger charge is 2.11. The lowest BCUT2D eigenvalue weighted by molar-refractivity contribution is 0.0965. The summed E-state index contributed by atoms with van der Waals surface area (Å²) in [6, 6.07) is 16.2. The number of fused-ring (bicyclic) bond motifs is 2. The van der Waals surface area contributed by atoms with Crippen LogP contribution in [0.2, 0.25) is 0 Å². The molecule has 8 heteroatoms. The van der Waals surface area contributed by atoms with Crippen molar-refractivity contribution < 1.29 is 4.79 Å². The zero-order valence-electron chi connectivity index (χ0n) is 17.6. The molecular weight excluding hydrogens is 402 g/mol. The Bertz CT molecular complexity index is 1400. The van der Waals surface area contributed by atoms with Crippen LogP contribution in [0.1, 0.15) is 21.5 Å². The molecule has 0 aliphatic rings. The summed E-state index contributed by atoms with van der Waals surface area (Å²) in [6.45, 7) is 1.21. The Morgan fingerprint density at radius 2 is 1.75 bits per heavy atom. The molecule has 0 bridgehead atoms. The number of hydrogen-bond donors (Lipinski definition) is 5. The third kappa shape index (κ3) is 3.98. The minimum Gasteiger partial charge on any atom is -0.366 e. The lowest BCUT2D eigenvalue weighted by Crippen LogP contribution is -2.17. The summed E-state index contributed by atoms with van der Waals surface area (Å²) in [5, 5.41) is 11.4. The van der Waals surface area contributed by atoms with Crippen molar-refractivity contribution in [3.05, 3.63) is 83.8 Å². The first-order chi connectivity index (χ1) is 15.7. The molecule has 0 radical (unpaired) electrons. The molecule has 0 saturated carbocycles. The van der Waals surface area contributed by atoms with E-state index in [1.807, 2.05) is 30.5 Å². The summed E-state index contributed by atoms with van der Waals surface area (Å²) in [4.78, 5) is 27.3. The molecule has 1 amide bonds. The van der Waals surface area contributed by atoms with Crippen molar-refractivity contribution in [1.82, 2.24) is 25.3 Å². The highest BCUT2D eigenvalue weighted by molar-refractivity contribution is 6.06. The number of hydrogen-bond acceptors (Lipinski definition) is 5. The Morgan fingerprint density at radius 3 is 2.62 bits per heavy atom. The van der Waals surface area contributed by atoms with Crippen LogP contribution < -0.4 is 16.0 Å². The quantitative estimate of drug-likeness (QED) is 0.270. The van der Waals surface area contributed by atoms with Gasteiger partial charge in [0.15, 0.2) is 0 Å². The summed E-state index contributed by atoms with van der Waals surface area (Å²) in [6.07, 6.45) is 5.40. The first-order valence-corrected chi connectivity index (χ1v) is 10.4. The number of anilines is 2. The van der Waals surface area contributed by atoms with E-state index >= 15 is 0 Å². The maximum atomic E-state index is 12.1. The second kappa shape index (κ2) is 8.43. The summed E-state index contributed by atoms with van der Waals surface area (Å²) in [7, 11) is 1.63. The molecule has 0 aliphatic heterocycles.